The van der Waals surface area contributed by atoms with Crippen molar-refractivity contribution in [1.29, 1.82) is 0 Å². The third kappa shape index (κ3) is 3.95. The summed E-state index contributed by atoms with van der Waals surface area (Å²) >= 11 is 0. The number of rotatable bonds is 4. The van der Waals surface area contributed by atoms with Gasteiger partial charge in [0.2, 0.25) is 0 Å². The largest absolute Gasteiger partial charge is 0.480 e. The first-order valence-electron chi connectivity index (χ1n) is 6.99. The number of carboxylic acids is 1. The topological polar surface area (TPSA) is 89.9 Å². The summed E-state index contributed by atoms with van der Waals surface area (Å²) in [7, 11) is 0. The normalized spacial score (nSPS) is 22.9. The molecule has 2 amide bonds. The molecule has 2 rings (SSSR count). The number of carbonyl (C=O) groups excluding carboxylic acids is 1. The Morgan fingerprint density at radius 1 is 1.38 bits per heavy atom. The summed E-state index contributed by atoms with van der Waals surface area (Å²) in [6.07, 6.45) is -0.0300. The van der Waals surface area contributed by atoms with Crippen LogP contribution >= 0.6 is 0 Å². The van der Waals surface area contributed by atoms with Crippen molar-refractivity contribution >= 4 is 12.0 Å². The highest BCUT2D eigenvalue weighted by atomic mass is 16.4. The predicted molar refractivity (Wildman–Crippen MR) is 76.9 cm³/mol. The maximum atomic E-state index is 12.1. The van der Waals surface area contributed by atoms with Crippen molar-refractivity contribution < 1.29 is 19.8 Å². The van der Waals surface area contributed by atoms with Gasteiger partial charge in [-0.3, -0.25) is 0 Å². The molecule has 1 aliphatic heterocycles. The summed E-state index contributed by atoms with van der Waals surface area (Å²) in [6, 6.07) is 8.22. The zero-order valence-electron chi connectivity index (χ0n) is 11.9. The quantitative estimate of drug-likeness (QED) is 0.767. The third-order valence-electron chi connectivity index (χ3n) is 3.58. The second kappa shape index (κ2) is 6.58. The molecule has 2 unspecified atom stereocenters. The molecule has 1 aliphatic rings. The third-order valence-corrected chi connectivity index (χ3v) is 3.58. The zero-order chi connectivity index (χ0) is 15.4. The molecule has 1 aromatic carbocycles. The average Bonchev–Trinajstić information content (AvgIpc) is 2.82. The number of carbonyl (C=O) groups is 2. The number of carboxylic acid groups (broad SMARTS) is 1. The van der Waals surface area contributed by atoms with E-state index >= 15 is 0 Å². The van der Waals surface area contributed by atoms with E-state index in [2.05, 4.69) is 5.32 Å². The monoisotopic (exact) mass is 292 g/mol. The number of hydrogen-bond acceptors (Lipinski definition) is 3. The Hall–Kier alpha value is -2.08. The average molecular weight is 292 g/mol. The summed E-state index contributed by atoms with van der Waals surface area (Å²) in [6.45, 7) is 1.92. The van der Waals surface area contributed by atoms with Crippen molar-refractivity contribution in [3.63, 3.8) is 0 Å². The van der Waals surface area contributed by atoms with Crippen molar-refractivity contribution in [1.82, 2.24) is 10.2 Å². The molecule has 114 valence electrons. The van der Waals surface area contributed by atoms with Crippen LogP contribution in [0.4, 0.5) is 4.79 Å². The van der Waals surface area contributed by atoms with Crippen LogP contribution in [0.5, 0.6) is 0 Å². The Labute approximate surface area is 123 Å². The Morgan fingerprint density at radius 2 is 2.05 bits per heavy atom. The number of urea groups is 1. The summed E-state index contributed by atoms with van der Waals surface area (Å²) in [5.41, 5.74) is 1.10. The van der Waals surface area contributed by atoms with E-state index in [0.29, 0.717) is 6.42 Å². The van der Waals surface area contributed by atoms with E-state index in [1.165, 1.54) is 4.90 Å². The summed E-state index contributed by atoms with van der Waals surface area (Å²) in [5.74, 6) is -1.09. The second-order valence-electron chi connectivity index (χ2n) is 5.44. The number of aliphatic hydroxyl groups excluding tert-OH is 1. The molecule has 1 saturated heterocycles. The number of aliphatic hydroxyl groups is 1. The van der Waals surface area contributed by atoms with Gasteiger partial charge in [-0.1, -0.05) is 30.3 Å². The lowest BCUT2D eigenvalue weighted by Gasteiger charge is -2.24. The zero-order valence-corrected chi connectivity index (χ0v) is 11.9. The molecule has 3 N–H and O–H groups in total. The van der Waals surface area contributed by atoms with Crippen molar-refractivity contribution in [2.75, 3.05) is 6.54 Å². The van der Waals surface area contributed by atoms with Crippen LogP contribution in [-0.2, 0) is 11.2 Å². The van der Waals surface area contributed by atoms with Gasteiger partial charge in [0.05, 0.1) is 6.10 Å². The summed E-state index contributed by atoms with van der Waals surface area (Å²) < 4.78 is 0. The molecule has 6 nitrogen and oxygen atoms in total. The van der Waals surface area contributed by atoms with Gasteiger partial charge < -0.3 is 20.4 Å². The molecule has 21 heavy (non-hydrogen) atoms. The van der Waals surface area contributed by atoms with Gasteiger partial charge in [-0.15, -0.1) is 0 Å². The first kappa shape index (κ1) is 15.3. The lowest BCUT2D eigenvalue weighted by Crippen LogP contribution is -2.49. The number of likely N-dealkylation sites (tertiary alicyclic amines) is 1. The smallest absolute Gasteiger partial charge is 0.326 e. The van der Waals surface area contributed by atoms with Crippen molar-refractivity contribution in [2.24, 2.45) is 0 Å². The molecule has 0 bridgehead atoms. The maximum absolute atomic E-state index is 12.1. The molecule has 0 saturated carbocycles. The lowest BCUT2D eigenvalue weighted by molar-refractivity contribution is -0.141. The fraction of sp³-hybridized carbons (Fsp3) is 0.467. The van der Waals surface area contributed by atoms with Gasteiger partial charge in [0.1, 0.15) is 6.04 Å². The molecule has 1 aromatic rings. The van der Waals surface area contributed by atoms with Gasteiger partial charge in [-0.2, -0.15) is 0 Å². The Kier molecular flexibility index (Phi) is 4.80. The molecule has 0 aliphatic carbocycles. The molecule has 1 fully saturated rings. The molecule has 1 heterocycles. The van der Waals surface area contributed by atoms with Crippen molar-refractivity contribution in [3.8, 4) is 0 Å². The highest BCUT2D eigenvalue weighted by Crippen LogP contribution is 2.18. The van der Waals surface area contributed by atoms with E-state index in [1.807, 2.05) is 37.3 Å². The fourth-order valence-corrected chi connectivity index (χ4v) is 2.58. The van der Waals surface area contributed by atoms with Crippen LogP contribution in [-0.4, -0.2) is 51.8 Å². The van der Waals surface area contributed by atoms with Crippen LogP contribution < -0.4 is 5.32 Å². The standard InChI is InChI=1S/C15H20N2O4/c1-10(7-11-5-3-2-4-6-11)16-15(21)17-9-12(18)8-13(17)14(19)20/h2-6,10,12-13,18H,7-9H2,1H3,(H,16,21)(H,19,20)/t10?,12?,13-/m0/s1. The Bertz CT molecular complexity index is 506. The van der Waals surface area contributed by atoms with Gasteiger partial charge in [-0.05, 0) is 18.9 Å². The van der Waals surface area contributed by atoms with Crippen molar-refractivity contribution in [2.45, 2.75) is 38.0 Å². The molecule has 3 atom stereocenters. The van der Waals surface area contributed by atoms with Crippen LogP contribution in [0.2, 0.25) is 0 Å². The van der Waals surface area contributed by atoms with E-state index in [0.717, 1.165) is 5.56 Å². The molecule has 0 aromatic heterocycles. The highest BCUT2D eigenvalue weighted by molar-refractivity contribution is 5.83. The number of nitrogens with one attached hydrogen (secondary N) is 1. The number of aliphatic carboxylic acids is 1. The first-order valence-corrected chi connectivity index (χ1v) is 6.99. The minimum atomic E-state index is -1.09. The maximum Gasteiger partial charge on any atom is 0.326 e. The molecule has 0 spiro atoms. The SMILES string of the molecule is CC(Cc1ccccc1)NC(=O)N1CC(O)C[C@H]1C(=O)O. The van der Waals surface area contributed by atoms with E-state index in [-0.39, 0.29) is 19.0 Å². The highest BCUT2D eigenvalue weighted by Gasteiger charge is 2.39. The van der Waals surface area contributed by atoms with Crippen LogP contribution in [0, 0.1) is 0 Å². The lowest BCUT2D eigenvalue weighted by atomic mass is 10.1. The van der Waals surface area contributed by atoms with Crippen molar-refractivity contribution in [3.05, 3.63) is 35.9 Å². The van der Waals surface area contributed by atoms with Crippen LogP contribution in [0.15, 0.2) is 30.3 Å². The second-order valence-corrected chi connectivity index (χ2v) is 5.44. The van der Waals surface area contributed by atoms with E-state index < -0.39 is 24.1 Å². The first-order chi connectivity index (χ1) is 9.97. The number of benzene rings is 1. The van der Waals surface area contributed by atoms with Crippen LogP contribution in [0.1, 0.15) is 18.9 Å². The number of hydrogen-bond donors (Lipinski definition) is 3. The van der Waals surface area contributed by atoms with E-state index in [4.69, 9.17) is 5.11 Å². The number of nitrogens with zero attached hydrogens (tertiary/aromatic N) is 1. The van der Waals surface area contributed by atoms with E-state index in [1.54, 1.807) is 0 Å². The minimum Gasteiger partial charge on any atom is -0.480 e. The fourth-order valence-electron chi connectivity index (χ4n) is 2.58. The number of β-amino-alcohol motifs (C(OH)–C–C–N with tert-alkyl or cyclic N) is 1. The molecular weight excluding hydrogens is 272 g/mol. The van der Waals surface area contributed by atoms with Crippen LogP contribution in [0.3, 0.4) is 0 Å². The minimum absolute atomic E-state index is 0.0564. The van der Waals surface area contributed by atoms with Gasteiger partial charge in [0, 0.05) is 19.0 Å². The molecule has 0 radical (unpaired) electrons. The van der Waals surface area contributed by atoms with E-state index in [9.17, 15) is 14.7 Å². The van der Waals surface area contributed by atoms with Crippen LogP contribution in [0.25, 0.3) is 0 Å². The number of amides is 2. The summed E-state index contributed by atoms with van der Waals surface area (Å²) in [5, 5.41) is 21.4. The predicted octanol–water partition coefficient (Wildman–Crippen LogP) is 0.847. The molecular formula is C15H20N2O4. The van der Waals surface area contributed by atoms with Gasteiger partial charge in [-0.25, -0.2) is 9.59 Å². The van der Waals surface area contributed by atoms with Gasteiger partial charge >= 0.3 is 12.0 Å². The van der Waals surface area contributed by atoms with Gasteiger partial charge in [0.25, 0.3) is 0 Å². The molecule has 6 heteroatoms. The Balaban J connectivity index is 1.92. The van der Waals surface area contributed by atoms with Gasteiger partial charge in [0.15, 0.2) is 0 Å². The summed E-state index contributed by atoms with van der Waals surface area (Å²) in [4.78, 5) is 24.4. The Morgan fingerprint density at radius 3 is 2.67 bits per heavy atom.